The smallest absolute Gasteiger partial charge is 0.345 e. The molecule has 0 amide bonds. The summed E-state index contributed by atoms with van der Waals surface area (Å²) in [6.07, 6.45) is 3.82. The van der Waals surface area contributed by atoms with E-state index in [9.17, 15) is 4.79 Å². The summed E-state index contributed by atoms with van der Waals surface area (Å²) in [6, 6.07) is 18.8. The third kappa shape index (κ3) is 4.03. The zero-order valence-corrected chi connectivity index (χ0v) is 21.6. The molecule has 176 valence electrons. The summed E-state index contributed by atoms with van der Waals surface area (Å²) >= 11 is 6.34. The SMILES string of the molecule is CC1=Cc2ccccc2[SH]1c1cc(C)c(OCC(=O)OC2(C)CCc3c(Cl)cccc32)c(C)c1. The second-order valence-corrected chi connectivity index (χ2v) is 12.1. The Balaban J connectivity index is 1.31. The number of allylic oxidation sites excluding steroid dienone is 1. The zero-order valence-electron chi connectivity index (χ0n) is 19.9. The Kier molecular flexibility index (Phi) is 5.99. The number of hydrogen-bond donors (Lipinski definition) is 1. The van der Waals surface area contributed by atoms with E-state index in [0.717, 1.165) is 45.9 Å². The molecule has 1 heterocycles. The van der Waals surface area contributed by atoms with Crippen molar-refractivity contribution in [2.24, 2.45) is 0 Å². The van der Waals surface area contributed by atoms with Crippen molar-refractivity contribution in [1.29, 1.82) is 0 Å². The van der Waals surface area contributed by atoms with Gasteiger partial charge in [-0.05, 0) is 108 Å². The molecular formula is C29H29ClO3S. The van der Waals surface area contributed by atoms with Gasteiger partial charge in [-0.1, -0.05) is 41.9 Å². The number of hydrogen-bond acceptors (Lipinski definition) is 3. The molecule has 3 aromatic rings. The van der Waals surface area contributed by atoms with Crippen LogP contribution in [0.25, 0.3) is 6.08 Å². The Morgan fingerprint density at radius 2 is 1.79 bits per heavy atom. The van der Waals surface area contributed by atoms with Crippen molar-refractivity contribution in [1.82, 2.24) is 0 Å². The number of carbonyl (C=O) groups excluding carboxylic acids is 1. The topological polar surface area (TPSA) is 35.5 Å². The van der Waals surface area contributed by atoms with Gasteiger partial charge >= 0.3 is 5.97 Å². The van der Waals surface area contributed by atoms with E-state index in [0.29, 0.717) is 0 Å². The van der Waals surface area contributed by atoms with Crippen LogP contribution in [0.15, 0.2) is 69.3 Å². The number of carbonyl (C=O) groups is 1. The normalized spacial score (nSPS) is 21.6. The predicted molar refractivity (Wildman–Crippen MR) is 140 cm³/mol. The summed E-state index contributed by atoms with van der Waals surface area (Å²) in [5.74, 6) is 0.385. The Hall–Kier alpha value is -2.69. The first kappa shape index (κ1) is 23.1. The van der Waals surface area contributed by atoms with Crippen LogP contribution in [0.5, 0.6) is 5.75 Å². The van der Waals surface area contributed by atoms with Crippen molar-refractivity contribution >= 4 is 34.5 Å². The molecular weight excluding hydrogens is 464 g/mol. The number of thiol groups is 1. The highest BCUT2D eigenvalue weighted by atomic mass is 35.5. The lowest BCUT2D eigenvalue weighted by atomic mass is 9.98. The molecule has 3 nitrogen and oxygen atoms in total. The molecule has 2 atom stereocenters. The molecule has 0 saturated heterocycles. The fraction of sp³-hybridized carbons (Fsp3) is 0.276. The van der Waals surface area contributed by atoms with Crippen LogP contribution in [0.4, 0.5) is 0 Å². The minimum atomic E-state index is -0.670. The minimum absolute atomic E-state index is 0.122. The third-order valence-electron chi connectivity index (χ3n) is 6.81. The van der Waals surface area contributed by atoms with Crippen LogP contribution in [-0.4, -0.2) is 12.6 Å². The molecule has 0 saturated carbocycles. The molecule has 2 unspecified atom stereocenters. The summed E-state index contributed by atoms with van der Waals surface area (Å²) in [5.41, 5.74) is 4.78. The molecule has 5 rings (SSSR count). The number of aryl methyl sites for hydroxylation is 2. The van der Waals surface area contributed by atoms with Gasteiger partial charge in [0, 0.05) is 9.92 Å². The minimum Gasteiger partial charge on any atom is -0.481 e. The first-order valence-electron chi connectivity index (χ1n) is 11.6. The van der Waals surface area contributed by atoms with Gasteiger partial charge in [0.2, 0.25) is 0 Å². The molecule has 1 aliphatic heterocycles. The van der Waals surface area contributed by atoms with Gasteiger partial charge in [-0.3, -0.25) is 0 Å². The van der Waals surface area contributed by atoms with Crippen LogP contribution < -0.4 is 4.74 Å². The second-order valence-electron chi connectivity index (χ2n) is 9.35. The molecule has 34 heavy (non-hydrogen) atoms. The highest BCUT2D eigenvalue weighted by Crippen LogP contribution is 2.57. The van der Waals surface area contributed by atoms with Crippen molar-refractivity contribution in [2.75, 3.05) is 6.61 Å². The van der Waals surface area contributed by atoms with Crippen LogP contribution in [-0.2, 0) is 21.6 Å². The van der Waals surface area contributed by atoms with E-state index in [1.807, 2.05) is 39.0 Å². The Morgan fingerprint density at radius 3 is 2.56 bits per heavy atom. The number of ether oxygens (including phenoxy) is 2. The molecule has 0 N–H and O–H groups in total. The number of fused-ring (bicyclic) bond motifs is 2. The highest BCUT2D eigenvalue weighted by Gasteiger charge is 2.39. The van der Waals surface area contributed by atoms with Gasteiger partial charge in [0.1, 0.15) is 11.4 Å². The second kappa shape index (κ2) is 8.83. The van der Waals surface area contributed by atoms with E-state index < -0.39 is 16.5 Å². The van der Waals surface area contributed by atoms with Crippen LogP contribution in [0.1, 0.15) is 48.1 Å². The maximum Gasteiger partial charge on any atom is 0.345 e. The zero-order chi connectivity index (χ0) is 24.0. The van der Waals surface area contributed by atoms with Crippen LogP contribution in [0.2, 0.25) is 5.02 Å². The average Bonchev–Trinajstić information content (AvgIpc) is 3.30. The summed E-state index contributed by atoms with van der Waals surface area (Å²) in [6.45, 7) is 8.14. The lowest BCUT2D eigenvalue weighted by Crippen LogP contribution is -2.29. The molecule has 0 spiro atoms. The molecule has 1 aliphatic carbocycles. The van der Waals surface area contributed by atoms with Gasteiger partial charge in [-0.2, -0.15) is 10.9 Å². The quantitative estimate of drug-likeness (QED) is 0.295. The summed E-state index contributed by atoms with van der Waals surface area (Å²) < 4.78 is 11.9. The molecule has 0 bridgehead atoms. The van der Waals surface area contributed by atoms with Gasteiger partial charge in [-0.25, -0.2) is 4.79 Å². The van der Waals surface area contributed by atoms with Gasteiger partial charge < -0.3 is 9.47 Å². The third-order valence-corrected chi connectivity index (χ3v) is 9.66. The fourth-order valence-corrected chi connectivity index (χ4v) is 8.12. The van der Waals surface area contributed by atoms with Crippen LogP contribution >= 0.6 is 22.5 Å². The molecule has 0 fully saturated rings. The lowest BCUT2D eigenvalue weighted by molar-refractivity contribution is -0.161. The molecule has 0 radical (unpaired) electrons. The number of benzene rings is 3. The molecule has 0 aromatic heterocycles. The van der Waals surface area contributed by atoms with E-state index >= 15 is 0 Å². The molecule has 2 aliphatic rings. The lowest BCUT2D eigenvalue weighted by Gasteiger charge is -2.26. The number of esters is 1. The Labute approximate surface area is 209 Å². The van der Waals surface area contributed by atoms with Crippen molar-refractivity contribution < 1.29 is 14.3 Å². The number of rotatable bonds is 5. The predicted octanol–water partition coefficient (Wildman–Crippen LogP) is 7.53. The van der Waals surface area contributed by atoms with E-state index in [2.05, 4.69) is 49.4 Å². The van der Waals surface area contributed by atoms with E-state index in [-0.39, 0.29) is 12.6 Å². The summed E-state index contributed by atoms with van der Waals surface area (Å²) in [4.78, 5) is 16.9. The van der Waals surface area contributed by atoms with Gasteiger partial charge in [0.25, 0.3) is 0 Å². The molecule has 3 aromatic carbocycles. The van der Waals surface area contributed by atoms with Gasteiger partial charge in [0.15, 0.2) is 6.61 Å². The van der Waals surface area contributed by atoms with Crippen molar-refractivity contribution in [3.63, 3.8) is 0 Å². The van der Waals surface area contributed by atoms with E-state index in [1.54, 1.807) is 0 Å². The monoisotopic (exact) mass is 492 g/mol. The summed E-state index contributed by atoms with van der Waals surface area (Å²) in [7, 11) is -0.524. The van der Waals surface area contributed by atoms with Crippen molar-refractivity contribution in [3.8, 4) is 5.75 Å². The maximum atomic E-state index is 12.8. The first-order chi connectivity index (χ1) is 16.3. The Bertz CT molecular complexity index is 1310. The first-order valence-corrected chi connectivity index (χ1v) is 13.3. The van der Waals surface area contributed by atoms with Crippen LogP contribution in [0, 0.1) is 13.8 Å². The largest absolute Gasteiger partial charge is 0.481 e. The Morgan fingerprint density at radius 1 is 1.06 bits per heavy atom. The highest BCUT2D eigenvalue weighted by molar-refractivity contribution is 8.20. The maximum absolute atomic E-state index is 12.8. The van der Waals surface area contributed by atoms with Crippen molar-refractivity contribution in [3.05, 3.63) is 92.3 Å². The van der Waals surface area contributed by atoms with Gasteiger partial charge in [0.05, 0.1) is 0 Å². The van der Waals surface area contributed by atoms with E-state index in [1.165, 1.54) is 20.3 Å². The van der Waals surface area contributed by atoms with Crippen LogP contribution in [0.3, 0.4) is 0 Å². The summed E-state index contributed by atoms with van der Waals surface area (Å²) in [5, 5.41) is 0.733. The van der Waals surface area contributed by atoms with E-state index in [4.69, 9.17) is 21.1 Å². The average molecular weight is 493 g/mol. The fourth-order valence-electron chi connectivity index (χ4n) is 5.24. The van der Waals surface area contributed by atoms with Gasteiger partial charge in [-0.15, -0.1) is 0 Å². The number of halogens is 1. The molecule has 5 heteroatoms. The van der Waals surface area contributed by atoms with Crippen molar-refractivity contribution in [2.45, 2.75) is 55.9 Å². The standard InChI is InChI=1S/C29H29ClO3S/c1-18-14-22(34-20(3)16-21-8-5-6-11-26(21)34)15-19(2)28(18)32-17-27(31)33-29(4)13-12-23-24(29)9-7-10-25(23)30/h5-11,14-16,34H,12-13,17H2,1-4H3.